The molecular formula is C21H24N2O4. The molecule has 1 heterocycles. The number of para-hydroxylation sites is 1. The molecule has 0 unspecified atom stereocenters. The van der Waals surface area contributed by atoms with E-state index >= 15 is 0 Å². The van der Waals surface area contributed by atoms with E-state index in [1.165, 1.54) is 0 Å². The predicted molar refractivity (Wildman–Crippen MR) is 104 cm³/mol. The van der Waals surface area contributed by atoms with Gasteiger partial charge in [0.15, 0.2) is 12.0 Å². The van der Waals surface area contributed by atoms with Gasteiger partial charge in [-0.1, -0.05) is 53.7 Å². The summed E-state index contributed by atoms with van der Waals surface area (Å²) in [5, 5.41) is 4.13. The van der Waals surface area contributed by atoms with Crippen LogP contribution in [0, 0.1) is 0 Å². The van der Waals surface area contributed by atoms with E-state index in [-0.39, 0.29) is 5.91 Å². The molecule has 1 amide bonds. The molecule has 0 radical (unpaired) electrons. The molecule has 3 rings (SSSR count). The first kappa shape index (κ1) is 19.1. The van der Waals surface area contributed by atoms with E-state index in [2.05, 4.69) is 5.16 Å². The minimum Gasteiger partial charge on any atom is -0.390 e. The maximum Gasteiger partial charge on any atom is 0.281 e. The Morgan fingerprint density at radius 2 is 1.63 bits per heavy atom. The topological polar surface area (TPSA) is 60.4 Å². The second-order valence-corrected chi connectivity index (χ2v) is 5.97. The maximum atomic E-state index is 13.0. The number of carbonyl (C=O) groups excluding carboxylic acids is 1. The number of anilines is 1. The average Bonchev–Trinajstić information content (AvgIpc) is 2.95. The first-order chi connectivity index (χ1) is 13.2. The number of oxime groups is 1. The number of amides is 1. The van der Waals surface area contributed by atoms with Gasteiger partial charge in [0.05, 0.1) is 12.2 Å². The summed E-state index contributed by atoms with van der Waals surface area (Å²) in [6.07, 6.45) is -0.485. The molecule has 0 bridgehead atoms. The second kappa shape index (κ2) is 9.30. The summed E-state index contributed by atoms with van der Waals surface area (Å²) >= 11 is 0. The second-order valence-electron chi connectivity index (χ2n) is 5.97. The quantitative estimate of drug-likeness (QED) is 0.503. The highest BCUT2D eigenvalue weighted by atomic mass is 16.7. The van der Waals surface area contributed by atoms with Crippen LogP contribution >= 0.6 is 0 Å². The van der Waals surface area contributed by atoms with Gasteiger partial charge in [0.25, 0.3) is 5.91 Å². The summed E-state index contributed by atoms with van der Waals surface area (Å²) in [5.74, 6) is -0.214. The molecular weight excluding hydrogens is 344 g/mol. The summed E-state index contributed by atoms with van der Waals surface area (Å²) in [6, 6.07) is 17.2. The van der Waals surface area contributed by atoms with Crippen molar-refractivity contribution in [3.63, 3.8) is 0 Å². The number of benzene rings is 2. The molecule has 1 aliphatic heterocycles. The molecule has 6 heteroatoms. The third-order valence-electron chi connectivity index (χ3n) is 4.16. The highest BCUT2D eigenvalue weighted by molar-refractivity contribution is 6.54. The number of ether oxygens (including phenoxy) is 2. The number of fused-ring (bicyclic) bond motifs is 1. The van der Waals surface area contributed by atoms with Crippen LogP contribution in [-0.2, 0) is 25.7 Å². The molecule has 27 heavy (non-hydrogen) atoms. The molecule has 0 saturated carbocycles. The molecule has 6 nitrogen and oxygen atoms in total. The van der Waals surface area contributed by atoms with Crippen LogP contribution in [0.4, 0.5) is 5.69 Å². The van der Waals surface area contributed by atoms with Crippen molar-refractivity contribution in [1.82, 2.24) is 0 Å². The Morgan fingerprint density at radius 1 is 0.963 bits per heavy atom. The van der Waals surface area contributed by atoms with Crippen molar-refractivity contribution in [3.8, 4) is 0 Å². The van der Waals surface area contributed by atoms with E-state index in [1.54, 1.807) is 4.90 Å². The summed E-state index contributed by atoms with van der Waals surface area (Å²) in [5.41, 5.74) is 2.83. The van der Waals surface area contributed by atoms with E-state index in [9.17, 15) is 4.79 Å². The number of hydrogen-bond acceptors (Lipinski definition) is 5. The fraction of sp³-hybridized carbons (Fsp3) is 0.333. The van der Waals surface area contributed by atoms with Crippen molar-refractivity contribution < 1.29 is 19.1 Å². The minimum absolute atomic E-state index is 0.214. The van der Waals surface area contributed by atoms with E-state index in [1.807, 2.05) is 68.4 Å². The molecule has 2 aromatic rings. The fourth-order valence-electron chi connectivity index (χ4n) is 2.95. The number of carbonyl (C=O) groups is 1. The summed E-state index contributed by atoms with van der Waals surface area (Å²) in [7, 11) is 0. The number of hydrogen-bond donors (Lipinski definition) is 0. The highest BCUT2D eigenvalue weighted by Crippen LogP contribution is 2.29. The zero-order valence-electron chi connectivity index (χ0n) is 15.6. The van der Waals surface area contributed by atoms with Gasteiger partial charge in [0.1, 0.15) is 6.61 Å². The Hall–Kier alpha value is -2.70. The van der Waals surface area contributed by atoms with Crippen LogP contribution in [0.15, 0.2) is 59.8 Å². The Bertz CT molecular complexity index is 786. The molecule has 0 atom stereocenters. The summed E-state index contributed by atoms with van der Waals surface area (Å²) in [6.45, 7) is 5.42. The lowest BCUT2D eigenvalue weighted by Crippen LogP contribution is -2.39. The third-order valence-corrected chi connectivity index (χ3v) is 4.16. The SMILES string of the molecule is CCOC(CN1C(=O)/C(=N\OCc2ccccc2)c2ccccc21)OCC. The van der Waals surface area contributed by atoms with Crippen LogP contribution < -0.4 is 4.90 Å². The van der Waals surface area contributed by atoms with Crippen molar-refractivity contribution in [2.75, 3.05) is 24.7 Å². The lowest BCUT2D eigenvalue weighted by molar-refractivity contribution is -0.133. The van der Waals surface area contributed by atoms with E-state index < -0.39 is 6.29 Å². The standard InChI is InChI=1S/C21H24N2O4/c1-3-25-19(26-4-2)14-23-18-13-9-8-12-17(18)20(21(23)24)22-27-15-16-10-6-5-7-11-16/h5-13,19H,3-4,14-15H2,1-2H3/b22-20-. The van der Waals surface area contributed by atoms with Crippen LogP contribution in [0.2, 0.25) is 0 Å². The van der Waals surface area contributed by atoms with Crippen molar-refractivity contribution in [1.29, 1.82) is 0 Å². The van der Waals surface area contributed by atoms with Gasteiger partial charge in [-0.15, -0.1) is 0 Å². The van der Waals surface area contributed by atoms with Crippen molar-refractivity contribution in [2.45, 2.75) is 26.7 Å². The maximum absolute atomic E-state index is 13.0. The van der Waals surface area contributed by atoms with Crippen LogP contribution in [0.25, 0.3) is 0 Å². The minimum atomic E-state index is -0.485. The van der Waals surface area contributed by atoms with Crippen molar-refractivity contribution >= 4 is 17.3 Å². The Morgan fingerprint density at radius 3 is 2.33 bits per heavy atom. The molecule has 0 spiro atoms. The summed E-state index contributed by atoms with van der Waals surface area (Å²) < 4.78 is 11.2. The average molecular weight is 368 g/mol. The Balaban J connectivity index is 1.78. The largest absolute Gasteiger partial charge is 0.390 e. The van der Waals surface area contributed by atoms with Gasteiger partial charge in [0.2, 0.25) is 0 Å². The number of nitrogens with zero attached hydrogens (tertiary/aromatic N) is 2. The van der Waals surface area contributed by atoms with Crippen LogP contribution in [-0.4, -0.2) is 37.7 Å². The molecule has 0 N–H and O–H groups in total. The van der Waals surface area contributed by atoms with E-state index in [0.29, 0.717) is 32.1 Å². The zero-order valence-corrected chi connectivity index (χ0v) is 15.6. The smallest absolute Gasteiger partial charge is 0.281 e. The fourth-order valence-corrected chi connectivity index (χ4v) is 2.95. The molecule has 0 fully saturated rings. The molecule has 142 valence electrons. The van der Waals surface area contributed by atoms with Gasteiger partial charge in [-0.2, -0.15) is 0 Å². The first-order valence-corrected chi connectivity index (χ1v) is 9.13. The monoisotopic (exact) mass is 368 g/mol. The normalized spacial score (nSPS) is 14.9. The van der Waals surface area contributed by atoms with Crippen LogP contribution in [0.5, 0.6) is 0 Å². The molecule has 0 aromatic heterocycles. The molecule has 2 aromatic carbocycles. The Labute approximate surface area is 159 Å². The van der Waals surface area contributed by atoms with Gasteiger partial charge < -0.3 is 19.2 Å². The van der Waals surface area contributed by atoms with Crippen LogP contribution in [0.1, 0.15) is 25.0 Å². The highest BCUT2D eigenvalue weighted by Gasteiger charge is 2.36. The number of rotatable bonds is 9. The lowest BCUT2D eigenvalue weighted by atomic mass is 10.1. The van der Waals surface area contributed by atoms with Crippen molar-refractivity contribution in [3.05, 3.63) is 65.7 Å². The van der Waals surface area contributed by atoms with Gasteiger partial charge in [0, 0.05) is 18.8 Å². The zero-order chi connectivity index (χ0) is 19.1. The molecule has 0 saturated heterocycles. The Kier molecular flexibility index (Phi) is 6.57. The molecule has 0 aliphatic carbocycles. The first-order valence-electron chi connectivity index (χ1n) is 9.13. The van der Waals surface area contributed by atoms with E-state index in [4.69, 9.17) is 14.3 Å². The summed E-state index contributed by atoms with van der Waals surface area (Å²) in [4.78, 5) is 20.0. The van der Waals surface area contributed by atoms with Gasteiger partial charge >= 0.3 is 0 Å². The van der Waals surface area contributed by atoms with Gasteiger partial charge in [-0.3, -0.25) is 4.79 Å². The predicted octanol–water partition coefficient (Wildman–Crippen LogP) is 3.35. The third kappa shape index (κ3) is 4.53. The molecule has 1 aliphatic rings. The van der Waals surface area contributed by atoms with Crippen LogP contribution in [0.3, 0.4) is 0 Å². The van der Waals surface area contributed by atoms with Gasteiger partial charge in [-0.25, -0.2) is 0 Å². The van der Waals surface area contributed by atoms with Crippen molar-refractivity contribution in [2.24, 2.45) is 5.16 Å². The van der Waals surface area contributed by atoms with E-state index in [0.717, 1.165) is 16.8 Å². The van der Waals surface area contributed by atoms with Gasteiger partial charge in [-0.05, 0) is 25.5 Å². The lowest BCUT2D eigenvalue weighted by Gasteiger charge is -2.23.